The number of urea groups is 1. The van der Waals surface area contributed by atoms with Gasteiger partial charge in [-0.1, -0.05) is 24.3 Å². The van der Waals surface area contributed by atoms with Gasteiger partial charge >= 0.3 is 12.0 Å². The van der Waals surface area contributed by atoms with Crippen LogP contribution in [-0.2, 0) is 9.53 Å². The predicted octanol–water partition coefficient (Wildman–Crippen LogP) is 3.81. The van der Waals surface area contributed by atoms with Gasteiger partial charge in [-0.15, -0.1) is 0 Å². The van der Waals surface area contributed by atoms with Crippen LogP contribution in [0.25, 0.3) is 10.9 Å². The molecule has 0 spiro atoms. The van der Waals surface area contributed by atoms with Crippen LogP contribution in [0.2, 0.25) is 0 Å². The molecule has 0 saturated heterocycles. The molecule has 3 aromatic rings. The van der Waals surface area contributed by atoms with E-state index in [1.165, 1.54) is 0 Å². The number of fused-ring (bicyclic) bond motifs is 2. The SMILES string of the molecule is CCOC(=O)C1CC(NC(=O)Nc2cccc3ncccc23)c2ccccc2O1. The zero-order valence-electron chi connectivity index (χ0n) is 15.9. The van der Waals surface area contributed by atoms with E-state index in [0.29, 0.717) is 17.9 Å². The molecule has 1 aromatic heterocycles. The molecule has 7 nitrogen and oxygen atoms in total. The summed E-state index contributed by atoms with van der Waals surface area (Å²) in [6.45, 7) is 2.02. The van der Waals surface area contributed by atoms with E-state index >= 15 is 0 Å². The number of ether oxygens (including phenoxy) is 2. The van der Waals surface area contributed by atoms with Gasteiger partial charge in [0.05, 0.1) is 23.9 Å². The van der Waals surface area contributed by atoms with Gasteiger partial charge in [0.25, 0.3) is 0 Å². The lowest BCUT2D eigenvalue weighted by atomic mass is 9.96. The zero-order chi connectivity index (χ0) is 20.2. The van der Waals surface area contributed by atoms with Crippen LogP contribution in [0.4, 0.5) is 10.5 Å². The largest absolute Gasteiger partial charge is 0.478 e. The van der Waals surface area contributed by atoms with Gasteiger partial charge in [0.2, 0.25) is 0 Å². The molecular formula is C22H21N3O4. The number of hydrogen-bond acceptors (Lipinski definition) is 5. The highest BCUT2D eigenvalue weighted by atomic mass is 16.6. The van der Waals surface area contributed by atoms with E-state index in [2.05, 4.69) is 15.6 Å². The Balaban J connectivity index is 1.54. The summed E-state index contributed by atoms with van der Waals surface area (Å²) in [5, 5.41) is 6.69. The van der Waals surface area contributed by atoms with E-state index in [0.717, 1.165) is 16.5 Å². The predicted molar refractivity (Wildman–Crippen MR) is 109 cm³/mol. The fourth-order valence-corrected chi connectivity index (χ4v) is 3.46. The van der Waals surface area contributed by atoms with Crippen LogP contribution in [0, 0.1) is 0 Å². The number of amides is 2. The molecule has 0 fully saturated rings. The monoisotopic (exact) mass is 391 g/mol. The first-order valence-electron chi connectivity index (χ1n) is 9.49. The van der Waals surface area contributed by atoms with Gasteiger partial charge in [-0.25, -0.2) is 9.59 Å². The first kappa shape index (κ1) is 18.7. The topological polar surface area (TPSA) is 89.5 Å². The molecule has 2 atom stereocenters. The van der Waals surface area contributed by atoms with Crippen LogP contribution in [0.3, 0.4) is 0 Å². The van der Waals surface area contributed by atoms with Crippen molar-refractivity contribution in [1.82, 2.24) is 10.3 Å². The molecule has 2 N–H and O–H groups in total. The average Bonchev–Trinajstić information content (AvgIpc) is 2.74. The number of nitrogens with zero attached hydrogens (tertiary/aromatic N) is 1. The maximum absolute atomic E-state index is 12.7. The lowest BCUT2D eigenvalue weighted by Gasteiger charge is -2.31. The number of aromatic nitrogens is 1. The third kappa shape index (κ3) is 3.99. The Labute approximate surface area is 168 Å². The standard InChI is InChI=1S/C22H21N3O4/c1-2-28-21(26)20-13-18(15-7-3-4-11-19(15)29-20)25-22(27)24-17-10-5-9-16-14(17)8-6-12-23-16/h3-12,18,20H,2,13H2,1H3,(H2,24,25,27). The Hall–Kier alpha value is -3.61. The first-order chi connectivity index (χ1) is 14.2. The summed E-state index contributed by atoms with van der Waals surface area (Å²) in [7, 11) is 0. The molecule has 1 aliphatic heterocycles. The van der Waals surface area contributed by atoms with Crippen LogP contribution in [0.15, 0.2) is 60.8 Å². The second-order valence-electron chi connectivity index (χ2n) is 6.66. The summed E-state index contributed by atoms with van der Waals surface area (Å²) in [6.07, 6.45) is 1.23. The van der Waals surface area contributed by atoms with Gasteiger partial charge in [0.1, 0.15) is 5.75 Å². The Bertz CT molecular complexity index is 1050. The zero-order valence-corrected chi connectivity index (χ0v) is 15.9. The molecule has 2 aromatic carbocycles. The van der Waals surface area contributed by atoms with E-state index < -0.39 is 12.1 Å². The van der Waals surface area contributed by atoms with Crippen molar-refractivity contribution in [3.05, 3.63) is 66.4 Å². The molecule has 2 heterocycles. The molecule has 0 bridgehead atoms. The van der Waals surface area contributed by atoms with Crippen molar-refractivity contribution in [1.29, 1.82) is 0 Å². The van der Waals surface area contributed by atoms with Crippen LogP contribution in [0.1, 0.15) is 24.9 Å². The fourth-order valence-electron chi connectivity index (χ4n) is 3.46. The van der Waals surface area contributed by atoms with Crippen molar-refractivity contribution in [3.63, 3.8) is 0 Å². The third-order valence-corrected chi connectivity index (χ3v) is 4.76. The van der Waals surface area contributed by atoms with Crippen molar-refractivity contribution in [2.75, 3.05) is 11.9 Å². The van der Waals surface area contributed by atoms with E-state index in [1.54, 1.807) is 19.2 Å². The maximum Gasteiger partial charge on any atom is 0.347 e. The molecular weight excluding hydrogens is 370 g/mol. The molecule has 1 aliphatic rings. The van der Waals surface area contributed by atoms with Gasteiger partial charge in [-0.3, -0.25) is 4.98 Å². The van der Waals surface area contributed by atoms with Crippen molar-refractivity contribution in [3.8, 4) is 5.75 Å². The second kappa shape index (κ2) is 8.18. The van der Waals surface area contributed by atoms with Crippen molar-refractivity contribution in [2.45, 2.75) is 25.5 Å². The minimum absolute atomic E-state index is 0.272. The van der Waals surface area contributed by atoms with Gasteiger partial charge in [0, 0.05) is 23.6 Å². The minimum Gasteiger partial charge on any atom is -0.478 e. The fraction of sp³-hybridized carbons (Fsp3) is 0.227. The first-order valence-corrected chi connectivity index (χ1v) is 9.49. The Morgan fingerprint density at radius 1 is 1.14 bits per heavy atom. The summed E-state index contributed by atoms with van der Waals surface area (Å²) in [4.78, 5) is 29.2. The van der Waals surface area contributed by atoms with Gasteiger partial charge < -0.3 is 20.1 Å². The van der Waals surface area contributed by atoms with Crippen molar-refractivity contribution >= 4 is 28.6 Å². The Morgan fingerprint density at radius 2 is 2.00 bits per heavy atom. The van der Waals surface area contributed by atoms with Crippen LogP contribution in [-0.4, -0.2) is 29.7 Å². The van der Waals surface area contributed by atoms with Crippen LogP contribution >= 0.6 is 0 Å². The second-order valence-corrected chi connectivity index (χ2v) is 6.66. The van der Waals surface area contributed by atoms with Gasteiger partial charge in [-0.05, 0) is 37.3 Å². The third-order valence-electron chi connectivity index (χ3n) is 4.76. The number of benzene rings is 2. The number of pyridine rings is 1. The number of carbonyl (C=O) groups excluding carboxylic acids is 2. The molecule has 4 rings (SSSR count). The Morgan fingerprint density at radius 3 is 2.86 bits per heavy atom. The Kier molecular flexibility index (Phi) is 5.29. The number of anilines is 1. The van der Waals surface area contributed by atoms with Crippen molar-refractivity contribution < 1.29 is 19.1 Å². The van der Waals surface area contributed by atoms with Gasteiger partial charge in [-0.2, -0.15) is 0 Å². The number of para-hydroxylation sites is 1. The number of nitrogens with one attached hydrogen (secondary N) is 2. The highest BCUT2D eigenvalue weighted by Gasteiger charge is 2.34. The lowest BCUT2D eigenvalue weighted by molar-refractivity contribution is -0.152. The number of rotatable bonds is 4. The molecule has 29 heavy (non-hydrogen) atoms. The summed E-state index contributed by atoms with van der Waals surface area (Å²) in [6, 6.07) is 15.9. The average molecular weight is 391 g/mol. The normalized spacial score (nSPS) is 17.7. The number of carbonyl (C=O) groups is 2. The summed E-state index contributed by atoms with van der Waals surface area (Å²) in [5.74, 6) is 0.130. The highest BCUT2D eigenvalue weighted by Crippen LogP contribution is 2.35. The van der Waals surface area contributed by atoms with E-state index in [1.807, 2.05) is 48.5 Å². The molecule has 0 aliphatic carbocycles. The molecule has 2 unspecified atom stereocenters. The van der Waals surface area contributed by atoms with Gasteiger partial charge in [0.15, 0.2) is 6.10 Å². The molecule has 0 saturated carbocycles. The maximum atomic E-state index is 12.7. The lowest BCUT2D eigenvalue weighted by Crippen LogP contribution is -2.41. The minimum atomic E-state index is -0.767. The van der Waals surface area contributed by atoms with Crippen LogP contribution < -0.4 is 15.4 Å². The number of hydrogen-bond donors (Lipinski definition) is 2. The summed E-state index contributed by atoms with van der Waals surface area (Å²) >= 11 is 0. The van der Waals surface area contributed by atoms with E-state index in [-0.39, 0.29) is 18.7 Å². The molecule has 2 amide bonds. The van der Waals surface area contributed by atoms with E-state index in [9.17, 15) is 9.59 Å². The molecule has 148 valence electrons. The smallest absolute Gasteiger partial charge is 0.347 e. The molecule has 7 heteroatoms. The summed E-state index contributed by atoms with van der Waals surface area (Å²) < 4.78 is 10.9. The highest BCUT2D eigenvalue weighted by molar-refractivity contribution is 6.00. The van der Waals surface area contributed by atoms with Crippen molar-refractivity contribution in [2.24, 2.45) is 0 Å². The number of esters is 1. The van der Waals surface area contributed by atoms with E-state index in [4.69, 9.17) is 9.47 Å². The van der Waals surface area contributed by atoms with Crippen LogP contribution in [0.5, 0.6) is 5.75 Å². The quantitative estimate of drug-likeness (QED) is 0.660. The summed E-state index contributed by atoms with van der Waals surface area (Å²) in [5.41, 5.74) is 2.28. The molecule has 0 radical (unpaired) electrons.